The summed E-state index contributed by atoms with van der Waals surface area (Å²) >= 11 is 0. The van der Waals surface area contributed by atoms with E-state index in [2.05, 4.69) is 10.4 Å². The molecule has 1 N–H and O–H groups in total. The number of nitrogens with zero attached hydrogens (tertiary/aromatic N) is 3. The molecule has 1 heterocycles. The maximum Gasteiger partial charge on any atom is 0.284 e. The van der Waals surface area contributed by atoms with Crippen LogP contribution in [0.5, 0.6) is 0 Å². The van der Waals surface area contributed by atoms with E-state index >= 15 is 0 Å². The Hall–Kier alpha value is -2.16. The van der Waals surface area contributed by atoms with Crippen molar-refractivity contribution in [2.75, 3.05) is 6.54 Å². The zero-order chi connectivity index (χ0) is 15.1. The van der Waals surface area contributed by atoms with Crippen LogP contribution in [0, 0.1) is 11.3 Å². The first-order valence-electron chi connectivity index (χ1n) is 6.82. The molecule has 1 amide bonds. The van der Waals surface area contributed by atoms with Gasteiger partial charge in [-0.25, -0.2) is 4.68 Å². The first-order valence-corrected chi connectivity index (χ1v) is 6.82. The van der Waals surface area contributed by atoms with Crippen LogP contribution in [0.4, 0.5) is 0 Å². The molecule has 0 unspecified atom stereocenters. The van der Waals surface area contributed by atoms with E-state index in [1.807, 2.05) is 19.9 Å². The average molecular weight is 276 g/mol. The lowest BCUT2D eigenvalue weighted by Crippen LogP contribution is -2.30. The van der Waals surface area contributed by atoms with Gasteiger partial charge in [0, 0.05) is 20.0 Å². The SMILES string of the molecule is CCc1nn(CCCNC(C)=O)c(=O)c(C#N)c1CC. The number of rotatable bonds is 6. The molecule has 1 rings (SSSR count). The molecule has 20 heavy (non-hydrogen) atoms. The summed E-state index contributed by atoms with van der Waals surface area (Å²) < 4.78 is 1.33. The van der Waals surface area contributed by atoms with Crippen LogP contribution < -0.4 is 10.9 Å². The molecule has 0 aliphatic rings. The van der Waals surface area contributed by atoms with E-state index in [9.17, 15) is 14.9 Å². The molecule has 6 nitrogen and oxygen atoms in total. The van der Waals surface area contributed by atoms with Gasteiger partial charge in [-0.1, -0.05) is 13.8 Å². The summed E-state index contributed by atoms with van der Waals surface area (Å²) in [6.45, 7) is 6.20. The number of aromatic nitrogens is 2. The second-order valence-electron chi connectivity index (χ2n) is 4.48. The Morgan fingerprint density at radius 3 is 2.60 bits per heavy atom. The normalized spacial score (nSPS) is 10.1. The van der Waals surface area contributed by atoms with Crippen LogP contribution in [0.3, 0.4) is 0 Å². The summed E-state index contributed by atoms with van der Waals surface area (Å²) in [4.78, 5) is 22.9. The highest BCUT2D eigenvalue weighted by Gasteiger charge is 2.14. The molecule has 0 saturated carbocycles. The van der Waals surface area contributed by atoms with Gasteiger partial charge in [-0.05, 0) is 24.8 Å². The lowest BCUT2D eigenvalue weighted by Gasteiger charge is -2.11. The lowest BCUT2D eigenvalue weighted by atomic mass is 10.0. The van der Waals surface area contributed by atoms with Gasteiger partial charge in [0.1, 0.15) is 11.6 Å². The summed E-state index contributed by atoms with van der Waals surface area (Å²) in [5, 5.41) is 16.2. The van der Waals surface area contributed by atoms with Crippen LogP contribution in [0.15, 0.2) is 4.79 Å². The maximum absolute atomic E-state index is 12.2. The van der Waals surface area contributed by atoms with Gasteiger partial charge < -0.3 is 5.32 Å². The topological polar surface area (TPSA) is 87.8 Å². The van der Waals surface area contributed by atoms with Gasteiger partial charge in [0.2, 0.25) is 5.91 Å². The van der Waals surface area contributed by atoms with Crippen molar-refractivity contribution in [1.29, 1.82) is 5.26 Å². The highest BCUT2D eigenvalue weighted by molar-refractivity contribution is 5.72. The quantitative estimate of drug-likeness (QED) is 0.777. The van der Waals surface area contributed by atoms with E-state index in [-0.39, 0.29) is 17.0 Å². The lowest BCUT2D eigenvalue weighted by molar-refractivity contribution is -0.118. The number of aryl methyl sites for hydroxylation is 2. The standard InChI is InChI=1S/C14H20N4O2/c1-4-11-12(9-15)14(20)18(17-13(11)5-2)8-6-7-16-10(3)19/h4-8H2,1-3H3,(H,16,19). The van der Waals surface area contributed by atoms with Crippen LogP contribution in [0.2, 0.25) is 0 Å². The smallest absolute Gasteiger partial charge is 0.284 e. The summed E-state index contributed by atoms with van der Waals surface area (Å²) in [6.07, 6.45) is 1.91. The van der Waals surface area contributed by atoms with Gasteiger partial charge in [-0.2, -0.15) is 10.4 Å². The minimum atomic E-state index is -0.343. The van der Waals surface area contributed by atoms with Crippen LogP contribution in [0.1, 0.15) is 44.0 Å². The number of nitriles is 1. The Morgan fingerprint density at radius 1 is 1.40 bits per heavy atom. The predicted octanol–water partition coefficient (Wildman–Crippen LogP) is 0.766. The molecule has 0 saturated heterocycles. The van der Waals surface area contributed by atoms with E-state index in [1.165, 1.54) is 11.6 Å². The van der Waals surface area contributed by atoms with E-state index in [4.69, 9.17) is 0 Å². The third kappa shape index (κ3) is 3.67. The fraction of sp³-hybridized carbons (Fsp3) is 0.571. The summed E-state index contributed by atoms with van der Waals surface area (Å²) in [5.74, 6) is -0.0985. The minimum absolute atomic E-state index is 0.0985. The molecule has 1 aromatic rings. The zero-order valence-electron chi connectivity index (χ0n) is 12.2. The van der Waals surface area contributed by atoms with Gasteiger partial charge in [-0.15, -0.1) is 0 Å². The molecule has 6 heteroatoms. The van der Waals surface area contributed by atoms with E-state index in [1.54, 1.807) is 0 Å². The molecular weight excluding hydrogens is 256 g/mol. The molecule has 0 atom stereocenters. The monoisotopic (exact) mass is 276 g/mol. The first kappa shape index (κ1) is 15.9. The van der Waals surface area contributed by atoms with Gasteiger partial charge in [0.15, 0.2) is 0 Å². The number of hydrogen-bond donors (Lipinski definition) is 1. The fourth-order valence-corrected chi connectivity index (χ4v) is 2.08. The molecule has 0 fully saturated rings. The average Bonchev–Trinajstić information content (AvgIpc) is 2.43. The van der Waals surface area contributed by atoms with Crippen LogP contribution >= 0.6 is 0 Å². The Morgan fingerprint density at radius 2 is 2.10 bits per heavy atom. The minimum Gasteiger partial charge on any atom is -0.356 e. The number of carbonyl (C=O) groups excluding carboxylic acids is 1. The van der Waals surface area contributed by atoms with E-state index in [0.29, 0.717) is 32.4 Å². The third-order valence-corrected chi connectivity index (χ3v) is 3.06. The van der Waals surface area contributed by atoms with Gasteiger partial charge in [0.05, 0.1) is 5.69 Å². The van der Waals surface area contributed by atoms with Crippen molar-refractivity contribution in [3.63, 3.8) is 0 Å². The largest absolute Gasteiger partial charge is 0.356 e. The van der Waals surface area contributed by atoms with Crippen molar-refractivity contribution in [3.05, 3.63) is 27.2 Å². The Balaban J connectivity index is 3.00. The molecule has 0 aliphatic carbocycles. The Kier molecular flexibility index (Phi) is 5.91. The molecule has 0 aliphatic heterocycles. The summed E-state index contributed by atoms with van der Waals surface area (Å²) in [5.41, 5.74) is 1.39. The molecule has 0 spiro atoms. The van der Waals surface area contributed by atoms with Crippen molar-refractivity contribution in [1.82, 2.24) is 15.1 Å². The zero-order valence-corrected chi connectivity index (χ0v) is 12.2. The molecule has 1 aromatic heterocycles. The molecule has 0 bridgehead atoms. The first-order chi connectivity index (χ1) is 9.54. The third-order valence-electron chi connectivity index (χ3n) is 3.06. The van der Waals surface area contributed by atoms with E-state index < -0.39 is 0 Å². The maximum atomic E-state index is 12.2. The molecule has 108 valence electrons. The van der Waals surface area contributed by atoms with Crippen LogP contribution in [0.25, 0.3) is 0 Å². The predicted molar refractivity (Wildman–Crippen MR) is 75.3 cm³/mol. The Bertz CT molecular complexity index is 584. The number of nitrogens with one attached hydrogen (secondary N) is 1. The van der Waals surface area contributed by atoms with E-state index in [0.717, 1.165) is 11.3 Å². The molecule has 0 radical (unpaired) electrons. The summed E-state index contributed by atoms with van der Waals surface area (Å²) in [6, 6.07) is 2.00. The molecular formula is C14H20N4O2. The van der Waals surface area contributed by atoms with Crippen molar-refractivity contribution >= 4 is 5.91 Å². The molecule has 0 aromatic carbocycles. The van der Waals surface area contributed by atoms with Crippen LogP contribution in [-0.2, 0) is 24.2 Å². The number of amides is 1. The van der Waals surface area contributed by atoms with Crippen molar-refractivity contribution in [3.8, 4) is 6.07 Å². The van der Waals surface area contributed by atoms with Crippen molar-refractivity contribution in [2.45, 2.75) is 46.6 Å². The highest BCUT2D eigenvalue weighted by atomic mass is 16.1. The Labute approximate surface area is 118 Å². The second-order valence-corrected chi connectivity index (χ2v) is 4.48. The second kappa shape index (κ2) is 7.43. The number of carbonyl (C=O) groups is 1. The van der Waals surface area contributed by atoms with Gasteiger partial charge in [0.25, 0.3) is 5.56 Å². The number of hydrogen-bond acceptors (Lipinski definition) is 4. The van der Waals surface area contributed by atoms with Gasteiger partial charge in [-0.3, -0.25) is 9.59 Å². The van der Waals surface area contributed by atoms with Crippen molar-refractivity contribution in [2.24, 2.45) is 0 Å². The van der Waals surface area contributed by atoms with Gasteiger partial charge >= 0.3 is 0 Å². The highest BCUT2D eigenvalue weighted by Crippen LogP contribution is 2.10. The van der Waals surface area contributed by atoms with Crippen LogP contribution in [-0.4, -0.2) is 22.2 Å². The fourth-order valence-electron chi connectivity index (χ4n) is 2.08. The van der Waals surface area contributed by atoms with Crippen molar-refractivity contribution < 1.29 is 4.79 Å². The summed E-state index contributed by atoms with van der Waals surface area (Å²) in [7, 11) is 0.